The summed E-state index contributed by atoms with van der Waals surface area (Å²) in [6, 6.07) is 9.47. The van der Waals surface area contributed by atoms with E-state index in [9.17, 15) is 0 Å². The van der Waals surface area contributed by atoms with Crippen molar-refractivity contribution in [2.45, 2.75) is 13.0 Å². The van der Waals surface area contributed by atoms with Gasteiger partial charge in [0.15, 0.2) is 11.5 Å². The Morgan fingerprint density at radius 1 is 1.17 bits per heavy atom. The van der Waals surface area contributed by atoms with E-state index in [4.69, 9.17) is 4.52 Å². The molecule has 8 heteroatoms. The number of aromatic amines is 1. The Bertz CT molecular complexity index is 931. The smallest absolute Gasteiger partial charge is 0.257 e. The molecule has 0 spiro atoms. The van der Waals surface area contributed by atoms with Gasteiger partial charge in [-0.2, -0.15) is 10.1 Å². The van der Waals surface area contributed by atoms with Crippen molar-refractivity contribution in [1.29, 1.82) is 0 Å². The maximum absolute atomic E-state index is 5.33. The standard InChI is InChI=1S/C15H13N7O/c1-9(19-13-11-7-18-21-14(11)17-8-16-13)12-20-15(23-22-12)10-5-3-2-4-6-10/h2-9H,1H3,(H2,16,17,18,19,21). The van der Waals surface area contributed by atoms with Gasteiger partial charge in [0.05, 0.1) is 17.6 Å². The van der Waals surface area contributed by atoms with E-state index in [-0.39, 0.29) is 6.04 Å². The summed E-state index contributed by atoms with van der Waals surface area (Å²) in [4.78, 5) is 12.8. The maximum Gasteiger partial charge on any atom is 0.257 e. The largest absolute Gasteiger partial charge is 0.359 e. The van der Waals surface area contributed by atoms with E-state index in [0.717, 1.165) is 10.9 Å². The van der Waals surface area contributed by atoms with Crippen LogP contribution in [0.4, 0.5) is 5.82 Å². The van der Waals surface area contributed by atoms with Crippen LogP contribution < -0.4 is 5.32 Å². The van der Waals surface area contributed by atoms with Crippen molar-refractivity contribution in [1.82, 2.24) is 30.3 Å². The monoisotopic (exact) mass is 307 g/mol. The number of hydrogen-bond acceptors (Lipinski definition) is 7. The molecule has 0 aliphatic heterocycles. The first-order valence-corrected chi connectivity index (χ1v) is 7.11. The van der Waals surface area contributed by atoms with Crippen LogP contribution in [-0.2, 0) is 0 Å². The highest BCUT2D eigenvalue weighted by Crippen LogP contribution is 2.23. The second kappa shape index (κ2) is 5.48. The molecular weight excluding hydrogens is 294 g/mol. The first-order chi connectivity index (χ1) is 11.3. The van der Waals surface area contributed by atoms with Gasteiger partial charge in [0.1, 0.15) is 12.1 Å². The lowest BCUT2D eigenvalue weighted by molar-refractivity contribution is 0.420. The summed E-state index contributed by atoms with van der Waals surface area (Å²) in [7, 11) is 0. The van der Waals surface area contributed by atoms with Crippen molar-refractivity contribution >= 4 is 16.9 Å². The first kappa shape index (κ1) is 13.4. The molecule has 3 aromatic heterocycles. The summed E-state index contributed by atoms with van der Waals surface area (Å²) < 4.78 is 5.33. The zero-order valence-electron chi connectivity index (χ0n) is 12.3. The molecule has 0 radical (unpaired) electrons. The van der Waals surface area contributed by atoms with E-state index in [1.165, 1.54) is 6.33 Å². The zero-order chi connectivity index (χ0) is 15.6. The SMILES string of the molecule is CC(Nc1ncnc2[nH]ncc12)c1noc(-c2ccccc2)n1. The average Bonchev–Trinajstić information content (AvgIpc) is 3.25. The number of nitrogens with one attached hydrogen (secondary N) is 2. The topological polar surface area (TPSA) is 105 Å². The van der Waals surface area contributed by atoms with E-state index in [0.29, 0.717) is 23.2 Å². The molecule has 0 saturated carbocycles. The van der Waals surface area contributed by atoms with Crippen LogP contribution in [0.25, 0.3) is 22.5 Å². The Labute approximate surface area is 131 Å². The van der Waals surface area contributed by atoms with E-state index >= 15 is 0 Å². The first-order valence-electron chi connectivity index (χ1n) is 7.11. The van der Waals surface area contributed by atoms with Gasteiger partial charge in [-0.15, -0.1) is 0 Å². The van der Waals surface area contributed by atoms with E-state index in [1.807, 2.05) is 37.3 Å². The van der Waals surface area contributed by atoms with Gasteiger partial charge in [-0.05, 0) is 19.1 Å². The van der Waals surface area contributed by atoms with Gasteiger partial charge in [-0.1, -0.05) is 23.4 Å². The summed E-state index contributed by atoms with van der Waals surface area (Å²) >= 11 is 0. The van der Waals surface area contributed by atoms with Gasteiger partial charge in [0.25, 0.3) is 5.89 Å². The molecule has 114 valence electrons. The number of benzene rings is 1. The van der Waals surface area contributed by atoms with E-state index < -0.39 is 0 Å². The van der Waals surface area contributed by atoms with Gasteiger partial charge in [-0.3, -0.25) is 5.10 Å². The molecule has 1 aromatic carbocycles. The minimum atomic E-state index is -0.177. The van der Waals surface area contributed by atoms with Crippen LogP contribution in [-0.4, -0.2) is 30.3 Å². The van der Waals surface area contributed by atoms with Crippen molar-refractivity contribution in [3.05, 3.63) is 48.7 Å². The zero-order valence-corrected chi connectivity index (χ0v) is 12.3. The second-order valence-corrected chi connectivity index (χ2v) is 5.04. The number of H-pyrrole nitrogens is 1. The summed E-state index contributed by atoms with van der Waals surface area (Å²) in [6.45, 7) is 1.94. The number of aromatic nitrogens is 6. The molecule has 0 amide bonds. The number of rotatable bonds is 4. The van der Waals surface area contributed by atoms with Gasteiger partial charge < -0.3 is 9.84 Å². The number of anilines is 1. The highest BCUT2D eigenvalue weighted by atomic mass is 16.5. The third-order valence-corrected chi connectivity index (χ3v) is 3.45. The average molecular weight is 307 g/mol. The lowest BCUT2D eigenvalue weighted by Gasteiger charge is -2.10. The van der Waals surface area contributed by atoms with Crippen molar-refractivity contribution in [2.24, 2.45) is 0 Å². The summed E-state index contributed by atoms with van der Waals surface area (Å²) in [6.07, 6.45) is 3.15. The molecular formula is C15H13N7O. The number of fused-ring (bicyclic) bond motifs is 1. The Morgan fingerprint density at radius 3 is 2.91 bits per heavy atom. The van der Waals surface area contributed by atoms with Crippen LogP contribution in [0, 0.1) is 0 Å². The molecule has 4 aromatic rings. The van der Waals surface area contributed by atoms with Crippen LogP contribution in [0.3, 0.4) is 0 Å². The molecule has 0 fully saturated rings. The molecule has 1 unspecified atom stereocenters. The lowest BCUT2D eigenvalue weighted by atomic mass is 10.2. The minimum Gasteiger partial charge on any atom is -0.359 e. The highest BCUT2D eigenvalue weighted by molar-refractivity contribution is 5.85. The third kappa shape index (κ3) is 2.50. The molecule has 3 heterocycles. The Morgan fingerprint density at radius 2 is 2.04 bits per heavy atom. The molecule has 0 aliphatic carbocycles. The Kier molecular flexibility index (Phi) is 3.19. The van der Waals surface area contributed by atoms with Gasteiger partial charge in [0.2, 0.25) is 0 Å². The van der Waals surface area contributed by atoms with E-state index in [2.05, 4.69) is 35.6 Å². The Hall–Kier alpha value is -3.29. The van der Waals surface area contributed by atoms with Gasteiger partial charge in [-0.25, -0.2) is 9.97 Å². The lowest BCUT2D eigenvalue weighted by Crippen LogP contribution is -2.10. The minimum absolute atomic E-state index is 0.177. The third-order valence-electron chi connectivity index (χ3n) is 3.45. The Balaban J connectivity index is 1.59. The van der Waals surface area contributed by atoms with Crippen LogP contribution in [0.5, 0.6) is 0 Å². The van der Waals surface area contributed by atoms with Crippen molar-refractivity contribution in [2.75, 3.05) is 5.32 Å². The van der Waals surface area contributed by atoms with Crippen LogP contribution in [0.2, 0.25) is 0 Å². The fourth-order valence-electron chi connectivity index (χ4n) is 2.26. The number of nitrogens with zero attached hydrogens (tertiary/aromatic N) is 5. The summed E-state index contributed by atoms with van der Waals surface area (Å²) in [5.41, 5.74) is 1.56. The predicted octanol–water partition coefficient (Wildman–Crippen LogP) is 2.58. The van der Waals surface area contributed by atoms with Crippen molar-refractivity contribution in [3.8, 4) is 11.5 Å². The molecule has 23 heavy (non-hydrogen) atoms. The fourth-order valence-corrected chi connectivity index (χ4v) is 2.26. The molecule has 0 saturated heterocycles. The molecule has 1 atom stereocenters. The van der Waals surface area contributed by atoms with Crippen molar-refractivity contribution < 1.29 is 4.52 Å². The molecule has 0 aliphatic rings. The van der Waals surface area contributed by atoms with Crippen LogP contribution >= 0.6 is 0 Å². The molecule has 0 bridgehead atoms. The highest BCUT2D eigenvalue weighted by Gasteiger charge is 2.16. The quantitative estimate of drug-likeness (QED) is 0.597. The van der Waals surface area contributed by atoms with Crippen molar-refractivity contribution in [3.63, 3.8) is 0 Å². The maximum atomic E-state index is 5.33. The summed E-state index contributed by atoms with van der Waals surface area (Å²) in [5, 5.41) is 14.9. The van der Waals surface area contributed by atoms with E-state index in [1.54, 1.807) is 6.20 Å². The normalized spacial score (nSPS) is 12.4. The molecule has 4 rings (SSSR count). The molecule has 8 nitrogen and oxygen atoms in total. The van der Waals surface area contributed by atoms with Gasteiger partial charge in [0, 0.05) is 5.56 Å². The van der Waals surface area contributed by atoms with Gasteiger partial charge >= 0.3 is 0 Å². The number of hydrogen-bond donors (Lipinski definition) is 2. The van der Waals surface area contributed by atoms with Crippen LogP contribution in [0.15, 0.2) is 47.4 Å². The molecule has 2 N–H and O–H groups in total. The fraction of sp³-hybridized carbons (Fsp3) is 0.133. The van der Waals surface area contributed by atoms with Crippen LogP contribution in [0.1, 0.15) is 18.8 Å². The predicted molar refractivity (Wildman–Crippen MR) is 83.5 cm³/mol. The summed E-state index contributed by atoms with van der Waals surface area (Å²) in [5.74, 6) is 1.71. The second-order valence-electron chi connectivity index (χ2n) is 5.04.